The quantitative estimate of drug-likeness (QED) is 0.638. The highest BCUT2D eigenvalue weighted by atomic mass is 16.3. The summed E-state index contributed by atoms with van der Waals surface area (Å²) in [6.07, 6.45) is 1.48. The molecule has 0 amide bonds. The molecule has 11 heavy (non-hydrogen) atoms. The SMILES string of the molecule is CC(O)CC[C@H](CO)C(C)C. The van der Waals surface area contributed by atoms with E-state index in [9.17, 15) is 0 Å². The third-order valence-corrected chi connectivity index (χ3v) is 2.13. The van der Waals surface area contributed by atoms with E-state index in [1.165, 1.54) is 0 Å². The van der Waals surface area contributed by atoms with Crippen molar-refractivity contribution < 1.29 is 10.2 Å². The molecule has 2 atom stereocenters. The van der Waals surface area contributed by atoms with Crippen LogP contribution in [0, 0.1) is 11.8 Å². The standard InChI is InChI=1S/C9H20O2/c1-7(2)9(6-10)5-4-8(3)11/h7-11H,4-6H2,1-3H3/t8?,9-/m1/s1. The van der Waals surface area contributed by atoms with Crippen molar-refractivity contribution in [2.24, 2.45) is 11.8 Å². The smallest absolute Gasteiger partial charge is 0.0512 e. The lowest BCUT2D eigenvalue weighted by Crippen LogP contribution is -2.15. The van der Waals surface area contributed by atoms with E-state index in [-0.39, 0.29) is 12.7 Å². The zero-order chi connectivity index (χ0) is 8.85. The molecule has 0 aliphatic rings. The summed E-state index contributed by atoms with van der Waals surface area (Å²) < 4.78 is 0. The Labute approximate surface area is 69.2 Å². The summed E-state index contributed by atoms with van der Waals surface area (Å²) in [5, 5.41) is 17.9. The fraction of sp³-hybridized carbons (Fsp3) is 1.00. The fourth-order valence-electron chi connectivity index (χ4n) is 1.09. The molecule has 0 heterocycles. The first-order valence-corrected chi connectivity index (χ1v) is 4.36. The lowest BCUT2D eigenvalue weighted by molar-refractivity contribution is 0.138. The van der Waals surface area contributed by atoms with Gasteiger partial charge in [-0.15, -0.1) is 0 Å². The largest absolute Gasteiger partial charge is 0.396 e. The van der Waals surface area contributed by atoms with E-state index in [2.05, 4.69) is 13.8 Å². The Balaban J connectivity index is 3.52. The Hall–Kier alpha value is -0.0800. The maximum Gasteiger partial charge on any atom is 0.0512 e. The summed E-state index contributed by atoms with van der Waals surface area (Å²) in [6, 6.07) is 0. The third kappa shape index (κ3) is 5.22. The van der Waals surface area contributed by atoms with Gasteiger partial charge >= 0.3 is 0 Å². The van der Waals surface area contributed by atoms with E-state index in [0.29, 0.717) is 11.8 Å². The van der Waals surface area contributed by atoms with Gasteiger partial charge in [-0.1, -0.05) is 13.8 Å². The van der Waals surface area contributed by atoms with Crippen molar-refractivity contribution in [1.29, 1.82) is 0 Å². The van der Waals surface area contributed by atoms with Gasteiger partial charge in [-0.05, 0) is 31.6 Å². The topological polar surface area (TPSA) is 40.5 Å². The van der Waals surface area contributed by atoms with Crippen molar-refractivity contribution in [2.75, 3.05) is 6.61 Å². The van der Waals surface area contributed by atoms with Crippen LogP contribution >= 0.6 is 0 Å². The molecule has 68 valence electrons. The maximum atomic E-state index is 9.00. The van der Waals surface area contributed by atoms with Crippen molar-refractivity contribution in [3.63, 3.8) is 0 Å². The van der Waals surface area contributed by atoms with Crippen LogP contribution in [-0.4, -0.2) is 22.9 Å². The summed E-state index contributed by atoms with van der Waals surface area (Å²) in [5.41, 5.74) is 0. The van der Waals surface area contributed by atoms with Gasteiger partial charge in [0.1, 0.15) is 0 Å². The first-order chi connectivity index (χ1) is 5.07. The number of aliphatic hydroxyl groups is 2. The molecule has 0 aliphatic heterocycles. The Bertz CT molecular complexity index is 89.6. The molecule has 0 saturated carbocycles. The van der Waals surface area contributed by atoms with Gasteiger partial charge in [0, 0.05) is 6.61 Å². The molecule has 0 aromatic heterocycles. The number of aliphatic hydroxyl groups excluding tert-OH is 2. The van der Waals surface area contributed by atoms with Gasteiger partial charge in [-0.2, -0.15) is 0 Å². The van der Waals surface area contributed by atoms with Crippen molar-refractivity contribution in [3.05, 3.63) is 0 Å². The number of hydrogen-bond donors (Lipinski definition) is 2. The summed E-state index contributed by atoms with van der Waals surface area (Å²) in [5.74, 6) is 0.864. The maximum absolute atomic E-state index is 9.00. The van der Waals surface area contributed by atoms with Crippen molar-refractivity contribution >= 4 is 0 Å². The lowest BCUT2D eigenvalue weighted by atomic mass is 9.91. The van der Waals surface area contributed by atoms with E-state index < -0.39 is 0 Å². The molecule has 0 bridgehead atoms. The molecule has 0 aromatic carbocycles. The second kappa shape index (κ2) is 5.56. The minimum Gasteiger partial charge on any atom is -0.396 e. The third-order valence-electron chi connectivity index (χ3n) is 2.13. The molecular formula is C9H20O2. The van der Waals surface area contributed by atoms with Gasteiger partial charge in [-0.25, -0.2) is 0 Å². The zero-order valence-corrected chi connectivity index (χ0v) is 7.75. The Kier molecular flexibility index (Phi) is 5.51. The first kappa shape index (κ1) is 10.9. The minimum atomic E-state index is -0.234. The van der Waals surface area contributed by atoms with Crippen molar-refractivity contribution in [1.82, 2.24) is 0 Å². The van der Waals surface area contributed by atoms with Crippen LogP contribution in [0.25, 0.3) is 0 Å². The fourth-order valence-corrected chi connectivity index (χ4v) is 1.09. The van der Waals surface area contributed by atoms with Crippen LogP contribution in [0.1, 0.15) is 33.6 Å². The highest BCUT2D eigenvalue weighted by Gasteiger charge is 2.12. The number of hydrogen-bond acceptors (Lipinski definition) is 2. The van der Waals surface area contributed by atoms with E-state index in [4.69, 9.17) is 10.2 Å². The molecular weight excluding hydrogens is 140 g/mol. The van der Waals surface area contributed by atoms with E-state index in [1.54, 1.807) is 6.92 Å². The second-order valence-corrected chi connectivity index (χ2v) is 3.61. The molecule has 1 unspecified atom stereocenters. The second-order valence-electron chi connectivity index (χ2n) is 3.61. The summed E-state index contributed by atoms with van der Waals surface area (Å²) in [6.45, 7) is 6.23. The van der Waals surface area contributed by atoms with Crippen LogP contribution in [0.2, 0.25) is 0 Å². The van der Waals surface area contributed by atoms with Gasteiger partial charge in [0.05, 0.1) is 6.10 Å². The summed E-state index contributed by atoms with van der Waals surface area (Å²) in [7, 11) is 0. The molecule has 0 rings (SSSR count). The van der Waals surface area contributed by atoms with E-state index >= 15 is 0 Å². The molecule has 0 saturated heterocycles. The summed E-state index contributed by atoms with van der Waals surface area (Å²) >= 11 is 0. The van der Waals surface area contributed by atoms with Gasteiger partial charge < -0.3 is 10.2 Å². The first-order valence-electron chi connectivity index (χ1n) is 4.36. The predicted molar refractivity (Wildman–Crippen MR) is 46.3 cm³/mol. The molecule has 0 aromatic rings. The lowest BCUT2D eigenvalue weighted by Gasteiger charge is -2.18. The Morgan fingerprint density at radius 2 is 1.64 bits per heavy atom. The van der Waals surface area contributed by atoms with Crippen molar-refractivity contribution in [3.8, 4) is 0 Å². The van der Waals surface area contributed by atoms with Crippen molar-refractivity contribution in [2.45, 2.75) is 39.7 Å². The average Bonchev–Trinajstić information content (AvgIpc) is 1.87. The van der Waals surface area contributed by atoms with Gasteiger partial charge in [0.2, 0.25) is 0 Å². The normalized spacial score (nSPS) is 16.9. The number of rotatable bonds is 5. The molecule has 2 N–H and O–H groups in total. The summed E-state index contributed by atoms with van der Waals surface area (Å²) in [4.78, 5) is 0. The van der Waals surface area contributed by atoms with Crippen LogP contribution in [0.15, 0.2) is 0 Å². The zero-order valence-electron chi connectivity index (χ0n) is 7.75. The molecule has 0 fully saturated rings. The highest BCUT2D eigenvalue weighted by Crippen LogP contribution is 2.17. The molecule has 0 aliphatic carbocycles. The van der Waals surface area contributed by atoms with Crippen LogP contribution < -0.4 is 0 Å². The minimum absolute atomic E-state index is 0.234. The van der Waals surface area contributed by atoms with Crippen LogP contribution in [0.4, 0.5) is 0 Å². The average molecular weight is 160 g/mol. The molecule has 2 heteroatoms. The van der Waals surface area contributed by atoms with E-state index in [0.717, 1.165) is 12.8 Å². The Morgan fingerprint density at radius 3 is 1.91 bits per heavy atom. The van der Waals surface area contributed by atoms with Crippen LogP contribution in [-0.2, 0) is 0 Å². The highest BCUT2D eigenvalue weighted by molar-refractivity contribution is 4.63. The van der Waals surface area contributed by atoms with Gasteiger partial charge in [0.15, 0.2) is 0 Å². The molecule has 0 spiro atoms. The van der Waals surface area contributed by atoms with Gasteiger partial charge in [-0.3, -0.25) is 0 Å². The van der Waals surface area contributed by atoms with Gasteiger partial charge in [0.25, 0.3) is 0 Å². The monoisotopic (exact) mass is 160 g/mol. The molecule has 0 radical (unpaired) electrons. The predicted octanol–water partition coefficient (Wildman–Crippen LogP) is 1.41. The van der Waals surface area contributed by atoms with E-state index in [1.807, 2.05) is 0 Å². The van der Waals surface area contributed by atoms with Crippen LogP contribution in [0.3, 0.4) is 0 Å². The Morgan fingerprint density at radius 1 is 1.09 bits per heavy atom. The molecule has 2 nitrogen and oxygen atoms in total. The van der Waals surface area contributed by atoms with Crippen LogP contribution in [0.5, 0.6) is 0 Å².